The van der Waals surface area contributed by atoms with Gasteiger partial charge in [0.15, 0.2) is 0 Å². The second-order valence-corrected chi connectivity index (χ2v) is 5.88. The maximum atomic E-state index is 10.2. The van der Waals surface area contributed by atoms with Crippen LogP contribution in [-0.4, -0.2) is 35.8 Å². The average molecular weight is 293 g/mol. The molecule has 3 rings (SSSR count). The number of rotatable bonds is 5. The first-order chi connectivity index (χ1) is 9.83. The van der Waals surface area contributed by atoms with Crippen molar-refractivity contribution >= 4 is 11.3 Å². The summed E-state index contributed by atoms with van der Waals surface area (Å²) < 4.78 is 10.8. The van der Waals surface area contributed by atoms with Gasteiger partial charge in [-0.05, 0) is 40.9 Å². The Labute approximate surface area is 122 Å². The number of ether oxygens (including phenoxy) is 1. The Bertz CT molecular complexity index is 497. The highest BCUT2D eigenvalue weighted by atomic mass is 32.1. The lowest BCUT2D eigenvalue weighted by atomic mass is 10.0. The molecule has 2 unspecified atom stereocenters. The van der Waals surface area contributed by atoms with Gasteiger partial charge in [0, 0.05) is 19.1 Å². The molecule has 2 aromatic heterocycles. The van der Waals surface area contributed by atoms with Gasteiger partial charge in [-0.15, -0.1) is 0 Å². The van der Waals surface area contributed by atoms with Crippen LogP contribution >= 0.6 is 11.3 Å². The molecule has 0 bridgehead atoms. The van der Waals surface area contributed by atoms with E-state index in [0.717, 1.165) is 19.7 Å². The lowest BCUT2D eigenvalue weighted by molar-refractivity contribution is -0.0322. The van der Waals surface area contributed by atoms with Gasteiger partial charge in [0.25, 0.3) is 0 Å². The zero-order valence-corrected chi connectivity index (χ0v) is 12.1. The number of hydrogen-bond donors (Lipinski definition) is 1. The summed E-state index contributed by atoms with van der Waals surface area (Å²) in [4.78, 5) is 2.39. The summed E-state index contributed by atoms with van der Waals surface area (Å²) >= 11 is 1.72. The smallest absolute Gasteiger partial charge is 0.132 e. The molecular weight excluding hydrogens is 274 g/mol. The average Bonchev–Trinajstić information content (AvgIpc) is 3.13. The summed E-state index contributed by atoms with van der Waals surface area (Å²) in [5.74, 6) is 0.631. The van der Waals surface area contributed by atoms with E-state index in [9.17, 15) is 5.11 Å². The molecule has 3 heterocycles. The van der Waals surface area contributed by atoms with Crippen LogP contribution in [-0.2, 0) is 11.3 Å². The molecule has 0 radical (unpaired) electrons. The van der Waals surface area contributed by atoms with E-state index in [1.165, 1.54) is 5.56 Å². The lowest BCUT2D eigenvalue weighted by Gasteiger charge is -2.36. The molecule has 1 fully saturated rings. The quantitative estimate of drug-likeness (QED) is 0.920. The molecule has 108 valence electrons. The number of morpholine rings is 1. The Kier molecular flexibility index (Phi) is 4.52. The number of aliphatic hydroxyl groups is 1. The third-order valence-electron chi connectivity index (χ3n) is 3.68. The first kappa shape index (κ1) is 13.8. The fourth-order valence-corrected chi connectivity index (χ4v) is 3.25. The molecular formula is C15H19NO3S. The Hall–Kier alpha value is -1.14. The number of thiophene rings is 1. The Balaban J connectivity index is 1.63. The summed E-state index contributed by atoms with van der Waals surface area (Å²) in [6.45, 7) is 3.26. The normalized spacial score (nSPS) is 21.9. The van der Waals surface area contributed by atoms with Crippen molar-refractivity contribution in [2.24, 2.45) is 0 Å². The van der Waals surface area contributed by atoms with E-state index in [-0.39, 0.29) is 6.04 Å². The standard InChI is InChI=1S/C15H19NO3S/c17-14(15-2-1-5-19-15)8-13-10-18-6-4-16(13)9-12-3-7-20-11-12/h1-3,5,7,11,13-14,17H,4,6,8-10H2. The Morgan fingerprint density at radius 2 is 2.40 bits per heavy atom. The molecule has 1 aliphatic rings. The minimum atomic E-state index is -0.568. The SMILES string of the molecule is OC(CC1COCCN1Cc1ccsc1)c1ccco1. The van der Waals surface area contributed by atoms with Gasteiger partial charge in [0.1, 0.15) is 11.9 Å². The molecule has 1 aliphatic heterocycles. The van der Waals surface area contributed by atoms with Crippen molar-refractivity contribution in [1.82, 2.24) is 4.90 Å². The molecule has 4 nitrogen and oxygen atoms in total. The third kappa shape index (κ3) is 3.30. The van der Waals surface area contributed by atoms with Gasteiger partial charge < -0.3 is 14.3 Å². The van der Waals surface area contributed by atoms with Crippen molar-refractivity contribution in [3.8, 4) is 0 Å². The molecule has 5 heteroatoms. The summed E-state index contributed by atoms with van der Waals surface area (Å²) in [7, 11) is 0. The van der Waals surface area contributed by atoms with Crippen LogP contribution < -0.4 is 0 Å². The predicted molar refractivity (Wildman–Crippen MR) is 77.6 cm³/mol. The molecule has 20 heavy (non-hydrogen) atoms. The molecule has 0 spiro atoms. The highest BCUT2D eigenvalue weighted by Gasteiger charge is 2.26. The summed E-state index contributed by atoms with van der Waals surface area (Å²) in [6.07, 6.45) is 1.66. The largest absolute Gasteiger partial charge is 0.467 e. The van der Waals surface area contributed by atoms with E-state index in [2.05, 4.69) is 21.7 Å². The lowest BCUT2D eigenvalue weighted by Crippen LogP contribution is -2.45. The van der Waals surface area contributed by atoms with Gasteiger partial charge >= 0.3 is 0 Å². The van der Waals surface area contributed by atoms with E-state index in [1.54, 1.807) is 23.7 Å². The van der Waals surface area contributed by atoms with Crippen molar-refractivity contribution in [3.63, 3.8) is 0 Å². The highest BCUT2D eigenvalue weighted by Crippen LogP contribution is 2.24. The van der Waals surface area contributed by atoms with Gasteiger partial charge in [-0.25, -0.2) is 0 Å². The first-order valence-electron chi connectivity index (χ1n) is 6.87. The molecule has 0 aliphatic carbocycles. The zero-order chi connectivity index (χ0) is 13.8. The summed E-state index contributed by atoms with van der Waals surface area (Å²) in [5.41, 5.74) is 1.33. The second kappa shape index (κ2) is 6.54. The van der Waals surface area contributed by atoms with Crippen molar-refractivity contribution < 1.29 is 14.3 Å². The predicted octanol–water partition coefficient (Wildman–Crippen LogP) is 2.67. The van der Waals surface area contributed by atoms with Crippen molar-refractivity contribution in [1.29, 1.82) is 0 Å². The van der Waals surface area contributed by atoms with Gasteiger partial charge in [0.05, 0.1) is 19.5 Å². The minimum Gasteiger partial charge on any atom is -0.467 e. The number of furan rings is 1. The molecule has 0 aromatic carbocycles. The second-order valence-electron chi connectivity index (χ2n) is 5.10. The maximum absolute atomic E-state index is 10.2. The molecule has 0 amide bonds. The van der Waals surface area contributed by atoms with Crippen molar-refractivity contribution in [2.75, 3.05) is 19.8 Å². The molecule has 2 atom stereocenters. The first-order valence-corrected chi connectivity index (χ1v) is 7.81. The zero-order valence-electron chi connectivity index (χ0n) is 11.3. The van der Waals surface area contributed by atoms with Crippen LogP contribution in [0.1, 0.15) is 23.8 Å². The molecule has 2 aromatic rings. The monoisotopic (exact) mass is 293 g/mol. The highest BCUT2D eigenvalue weighted by molar-refractivity contribution is 7.07. The van der Waals surface area contributed by atoms with Gasteiger partial charge in [0.2, 0.25) is 0 Å². The van der Waals surface area contributed by atoms with E-state index in [1.807, 2.05) is 6.07 Å². The molecule has 1 saturated heterocycles. The fourth-order valence-electron chi connectivity index (χ4n) is 2.59. The Morgan fingerprint density at radius 1 is 1.45 bits per heavy atom. The molecule has 0 saturated carbocycles. The third-order valence-corrected chi connectivity index (χ3v) is 4.41. The summed E-state index contributed by atoms with van der Waals surface area (Å²) in [6, 6.07) is 6.00. The van der Waals surface area contributed by atoms with Crippen LogP contribution in [0.3, 0.4) is 0 Å². The topological polar surface area (TPSA) is 45.8 Å². The van der Waals surface area contributed by atoms with E-state index >= 15 is 0 Å². The van der Waals surface area contributed by atoms with Crippen LogP contribution in [0.4, 0.5) is 0 Å². The van der Waals surface area contributed by atoms with Crippen LogP contribution in [0.15, 0.2) is 39.6 Å². The van der Waals surface area contributed by atoms with Gasteiger partial charge in [-0.2, -0.15) is 11.3 Å². The van der Waals surface area contributed by atoms with Crippen molar-refractivity contribution in [3.05, 3.63) is 46.5 Å². The van der Waals surface area contributed by atoms with Crippen LogP contribution in [0, 0.1) is 0 Å². The fraction of sp³-hybridized carbons (Fsp3) is 0.467. The minimum absolute atomic E-state index is 0.226. The van der Waals surface area contributed by atoms with Crippen LogP contribution in [0.2, 0.25) is 0 Å². The summed E-state index contributed by atoms with van der Waals surface area (Å²) in [5, 5.41) is 14.5. The maximum Gasteiger partial charge on any atom is 0.132 e. The van der Waals surface area contributed by atoms with Crippen LogP contribution in [0.5, 0.6) is 0 Å². The van der Waals surface area contributed by atoms with Crippen molar-refractivity contribution in [2.45, 2.75) is 25.1 Å². The number of aliphatic hydroxyl groups excluding tert-OH is 1. The number of hydrogen-bond acceptors (Lipinski definition) is 5. The van der Waals surface area contributed by atoms with Crippen LogP contribution in [0.25, 0.3) is 0 Å². The number of nitrogens with zero attached hydrogens (tertiary/aromatic N) is 1. The molecule has 1 N–H and O–H groups in total. The van der Waals surface area contributed by atoms with Gasteiger partial charge in [-0.1, -0.05) is 0 Å². The van der Waals surface area contributed by atoms with E-state index in [0.29, 0.717) is 18.8 Å². The van der Waals surface area contributed by atoms with Gasteiger partial charge in [-0.3, -0.25) is 4.90 Å². The van der Waals surface area contributed by atoms with E-state index < -0.39 is 6.10 Å². The Morgan fingerprint density at radius 3 is 3.15 bits per heavy atom. The van der Waals surface area contributed by atoms with E-state index in [4.69, 9.17) is 9.15 Å².